The van der Waals surface area contributed by atoms with Crippen molar-refractivity contribution < 1.29 is 51.0 Å². The van der Waals surface area contributed by atoms with Crippen LogP contribution in [0.15, 0.2) is 54.6 Å². The first-order valence-corrected chi connectivity index (χ1v) is 6.59. The van der Waals surface area contributed by atoms with Gasteiger partial charge in [0.2, 0.25) is 0 Å². The van der Waals surface area contributed by atoms with Crippen molar-refractivity contribution in [1.82, 2.24) is 0 Å². The van der Waals surface area contributed by atoms with Crippen molar-refractivity contribution in [2.75, 3.05) is 19.0 Å². The zero-order valence-corrected chi connectivity index (χ0v) is 16.9. The van der Waals surface area contributed by atoms with Gasteiger partial charge in [-0.05, 0) is 17.7 Å². The third kappa shape index (κ3) is 4.19. The first kappa shape index (κ1) is 21.3. The van der Waals surface area contributed by atoms with E-state index in [2.05, 4.69) is 80.5 Å². The number of aryl methyl sites for hydroxylation is 1. The molecule has 1 radical (unpaired) electrons. The molecule has 3 aromatic carbocycles. The monoisotopic (exact) mass is 408 g/mol. The van der Waals surface area contributed by atoms with Crippen molar-refractivity contribution in [3.05, 3.63) is 60.2 Å². The van der Waals surface area contributed by atoms with Gasteiger partial charge in [-0.3, -0.25) is 0 Å². The number of hydrogen-bond acceptors (Lipinski definition) is 1. The van der Waals surface area contributed by atoms with E-state index in [0.29, 0.717) is 0 Å². The fraction of sp³-hybridized carbons (Fsp3) is 0.167. The number of benzene rings is 2. The van der Waals surface area contributed by atoms with Gasteiger partial charge in [-0.1, -0.05) is 30.7 Å². The zero-order valence-electron chi connectivity index (χ0n) is 12.9. The molecule has 0 saturated heterocycles. The molecule has 3 rings (SSSR count). The van der Waals surface area contributed by atoms with E-state index in [0.717, 1.165) is 0 Å². The van der Waals surface area contributed by atoms with E-state index in [1.165, 1.54) is 33.2 Å². The predicted octanol–water partition coefficient (Wildman–Crippen LogP) is -1.39. The molecule has 0 atom stereocenters. The largest absolute Gasteiger partial charge is 3.00 e. The second kappa shape index (κ2) is 8.82. The molecular weight excluding hydrogens is 392 g/mol. The molecule has 1 nitrogen and oxygen atoms in total. The Morgan fingerprint density at radius 3 is 2.27 bits per heavy atom. The predicted molar refractivity (Wildman–Crippen MR) is 84.0 cm³/mol. The first-order valence-electron chi connectivity index (χ1n) is 6.59. The summed E-state index contributed by atoms with van der Waals surface area (Å²) in [5.74, 6) is 0. The van der Waals surface area contributed by atoms with Crippen LogP contribution in [-0.2, 0) is 26.2 Å². The molecule has 0 bridgehead atoms. The number of halogens is 2. The van der Waals surface area contributed by atoms with Crippen LogP contribution in [0, 0.1) is 6.92 Å². The quantitative estimate of drug-likeness (QED) is 0.470. The van der Waals surface area contributed by atoms with Crippen LogP contribution in [-0.4, -0.2) is 14.1 Å². The summed E-state index contributed by atoms with van der Waals surface area (Å²) >= 11 is 0. The summed E-state index contributed by atoms with van der Waals surface area (Å²) < 4.78 is 0. The van der Waals surface area contributed by atoms with Gasteiger partial charge >= 0.3 is 26.2 Å². The van der Waals surface area contributed by atoms with E-state index in [-0.39, 0.29) is 51.0 Å². The molecule has 113 valence electrons. The minimum absolute atomic E-state index is 0. The number of rotatable bonds is 2. The van der Waals surface area contributed by atoms with Gasteiger partial charge in [0.1, 0.15) is 0 Å². The topological polar surface area (TPSA) is 3.24 Å². The molecular formula is C18H18Cl2NZr. The fourth-order valence-corrected chi connectivity index (χ4v) is 2.59. The standard InChI is InChI=1S/C18H18N.2ClH.Zr/c1-13-10-14-7-5-9-17(18(14)11-13)15-6-4-8-16(12-15)19(2)3;;;/h4-12H,1-3H3;2*1H;/q-1;;;+3/p-2. The Morgan fingerprint density at radius 2 is 1.59 bits per heavy atom. The SMILES string of the molecule is Cc1cc2c(-c3cccc(N(C)C)c3)cccc2[cH-]1.[Cl-].[Cl-].[Zr+3]. The van der Waals surface area contributed by atoms with Gasteiger partial charge in [0.05, 0.1) is 0 Å². The summed E-state index contributed by atoms with van der Waals surface area (Å²) in [6.45, 7) is 2.15. The van der Waals surface area contributed by atoms with Crippen molar-refractivity contribution in [3.8, 4) is 11.1 Å². The third-order valence-corrected chi connectivity index (χ3v) is 3.57. The molecule has 0 heterocycles. The molecule has 0 aliphatic carbocycles. The third-order valence-electron chi connectivity index (χ3n) is 3.57. The average Bonchev–Trinajstić information content (AvgIpc) is 2.78. The molecule has 0 aliphatic rings. The Hall–Kier alpha value is -0.687. The summed E-state index contributed by atoms with van der Waals surface area (Å²) in [5, 5.41) is 2.67. The van der Waals surface area contributed by atoms with Crippen LogP contribution in [0.1, 0.15) is 5.56 Å². The van der Waals surface area contributed by atoms with Crippen LogP contribution >= 0.6 is 0 Å². The normalized spacial score (nSPS) is 9.41. The van der Waals surface area contributed by atoms with Crippen molar-refractivity contribution >= 4 is 16.5 Å². The molecule has 0 fully saturated rings. The van der Waals surface area contributed by atoms with Crippen LogP contribution in [0.5, 0.6) is 0 Å². The number of fused-ring (bicyclic) bond motifs is 1. The van der Waals surface area contributed by atoms with Gasteiger partial charge < -0.3 is 29.7 Å². The van der Waals surface area contributed by atoms with E-state index < -0.39 is 0 Å². The van der Waals surface area contributed by atoms with Crippen LogP contribution in [0.2, 0.25) is 0 Å². The molecule has 0 amide bonds. The number of anilines is 1. The van der Waals surface area contributed by atoms with Gasteiger partial charge in [-0.25, -0.2) is 0 Å². The van der Waals surface area contributed by atoms with Crippen molar-refractivity contribution in [1.29, 1.82) is 0 Å². The summed E-state index contributed by atoms with van der Waals surface area (Å²) in [7, 11) is 4.15. The Labute approximate surface area is 164 Å². The van der Waals surface area contributed by atoms with Crippen molar-refractivity contribution in [2.24, 2.45) is 0 Å². The summed E-state index contributed by atoms with van der Waals surface area (Å²) in [5.41, 5.74) is 5.15. The van der Waals surface area contributed by atoms with Crippen molar-refractivity contribution in [3.63, 3.8) is 0 Å². The maximum Gasteiger partial charge on any atom is 3.00 e. The molecule has 4 heteroatoms. The van der Waals surface area contributed by atoms with Crippen LogP contribution in [0.3, 0.4) is 0 Å². The Morgan fingerprint density at radius 1 is 0.909 bits per heavy atom. The van der Waals surface area contributed by atoms with Gasteiger partial charge in [0.25, 0.3) is 0 Å². The fourth-order valence-electron chi connectivity index (χ4n) is 2.59. The summed E-state index contributed by atoms with van der Waals surface area (Å²) in [4.78, 5) is 2.14. The summed E-state index contributed by atoms with van der Waals surface area (Å²) in [6, 6.07) is 19.7. The molecule has 0 unspecified atom stereocenters. The molecule has 22 heavy (non-hydrogen) atoms. The van der Waals surface area contributed by atoms with Crippen LogP contribution in [0.25, 0.3) is 21.9 Å². The van der Waals surface area contributed by atoms with E-state index in [1.54, 1.807) is 0 Å². The van der Waals surface area contributed by atoms with Gasteiger partial charge in [-0.15, -0.1) is 34.5 Å². The molecule has 3 aromatic rings. The Bertz CT molecular complexity index is 735. The molecule has 0 aromatic heterocycles. The molecule has 0 spiro atoms. The van der Waals surface area contributed by atoms with Gasteiger partial charge in [0.15, 0.2) is 0 Å². The minimum Gasteiger partial charge on any atom is -1.00 e. The van der Waals surface area contributed by atoms with Gasteiger partial charge in [0, 0.05) is 19.8 Å². The molecule has 0 aliphatic heterocycles. The number of hydrogen-bond donors (Lipinski definition) is 0. The maximum atomic E-state index is 2.27. The Balaban J connectivity index is 0.00000147. The van der Waals surface area contributed by atoms with E-state index in [1.807, 2.05) is 0 Å². The van der Waals surface area contributed by atoms with Crippen LogP contribution < -0.4 is 29.7 Å². The zero-order chi connectivity index (χ0) is 13.4. The van der Waals surface area contributed by atoms with E-state index >= 15 is 0 Å². The summed E-state index contributed by atoms with van der Waals surface area (Å²) in [6.07, 6.45) is 0. The van der Waals surface area contributed by atoms with Crippen molar-refractivity contribution in [2.45, 2.75) is 6.92 Å². The average molecular weight is 410 g/mol. The second-order valence-electron chi connectivity index (χ2n) is 5.29. The van der Waals surface area contributed by atoms with Crippen LogP contribution in [0.4, 0.5) is 5.69 Å². The Kier molecular flexibility index (Phi) is 8.54. The molecule has 0 N–H and O–H groups in total. The number of nitrogens with zero attached hydrogens (tertiary/aromatic N) is 1. The minimum atomic E-state index is 0. The molecule has 0 saturated carbocycles. The second-order valence-corrected chi connectivity index (χ2v) is 5.29. The van der Waals surface area contributed by atoms with E-state index in [4.69, 9.17) is 0 Å². The maximum absolute atomic E-state index is 2.27. The van der Waals surface area contributed by atoms with E-state index in [9.17, 15) is 0 Å². The first-order chi connectivity index (χ1) is 9.15. The smallest absolute Gasteiger partial charge is 1.00 e. The van der Waals surface area contributed by atoms with Gasteiger partial charge in [-0.2, -0.15) is 6.07 Å².